The minimum absolute atomic E-state index is 1.15. The van der Waals surface area contributed by atoms with E-state index in [9.17, 15) is 0 Å². The maximum atomic E-state index is 2.41. The number of fused-ring (bicyclic) bond motifs is 11. The first-order valence-electron chi connectivity index (χ1n) is 18.7. The zero-order valence-corrected chi connectivity index (χ0v) is 33.1. The van der Waals surface area contributed by atoms with Crippen LogP contribution in [0.3, 0.4) is 0 Å². The van der Waals surface area contributed by atoms with Crippen molar-refractivity contribution >= 4 is 149 Å². The average Bonchev–Trinajstić information content (AvgIpc) is 4.00. The second-order valence-electron chi connectivity index (χ2n) is 14.1. The van der Waals surface area contributed by atoms with Gasteiger partial charge in [0.05, 0.1) is 4.01 Å². The Morgan fingerprint density at radius 1 is 0.250 bits per heavy atom. The molecule has 0 bridgehead atoms. The van der Waals surface area contributed by atoms with Crippen LogP contribution in [0.25, 0.3) is 69.9 Å². The van der Waals surface area contributed by atoms with Gasteiger partial charge in [-0.3, -0.25) is 0 Å². The van der Waals surface area contributed by atoms with Gasteiger partial charge in [0.25, 0.3) is 0 Å². The molecule has 12 rings (SSSR count). The highest BCUT2D eigenvalue weighted by molar-refractivity contribution is 7.44. The molecule has 0 aliphatic heterocycles. The monoisotopic (exact) mass is 786 g/mol. The Morgan fingerprint density at radius 2 is 0.643 bits per heavy atom. The molecule has 12 aromatic rings. The minimum Gasteiger partial charge on any atom is -0.310 e. The standard InChI is InChI=1S/C50H30N2S4/c1-3-11-31(12-4-1)51(34-19-23-39-37-15-7-9-17-43(37)53-46(39)28-34)33-22-26-45-42(27-33)49-41-25-21-36(30-48(41)56-50(49)55-45)52(32-13-5-2-6-14-32)35-20-24-40-38-16-8-10-18-44(38)54-47(40)29-35/h1-30H. The summed E-state index contributed by atoms with van der Waals surface area (Å²) >= 11 is 7.54. The van der Waals surface area contributed by atoms with Crippen LogP contribution in [0.2, 0.25) is 0 Å². The van der Waals surface area contributed by atoms with E-state index in [0.29, 0.717) is 0 Å². The van der Waals surface area contributed by atoms with E-state index >= 15 is 0 Å². The lowest BCUT2D eigenvalue weighted by Gasteiger charge is -2.26. The number of para-hydroxylation sites is 2. The zero-order valence-electron chi connectivity index (χ0n) is 29.8. The molecule has 0 radical (unpaired) electrons. The van der Waals surface area contributed by atoms with Crippen molar-refractivity contribution in [2.24, 2.45) is 0 Å². The molecule has 4 heterocycles. The number of hydrogen-bond donors (Lipinski definition) is 0. The van der Waals surface area contributed by atoms with Crippen molar-refractivity contribution in [1.82, 2.24) is 0 Å². The summed E-state index contributed by atoms with van der Waals surface area (Å²) in [5.41, 5.74) is 6.94. The van der Waals surface area contributed by atoms with Crippen LogP contribution in [0.15, 0.2) is 182 Å². The van der Waals surface area contributed by atoms with Crippen molar-refractivity contribution < 1.29 is 0 Å². The van der Waals surface area contributed by atoms with Crippen molar-refractivity contribution in [1.29, 1.82) is 0 Å². The molecule has 0 spiro atoms. The molecule has 2 nitrogen and oxygen atoms in total. The lowest BCUT2D eigenvalue weighted by atomic mass is 10.1. The summed E-state index contributed by atoms with van der Waals surface area (Å²) < 4.78 is 9.23. The van der Waals surface area contributed by atoms with Crippen LogP contribution in [-0.2, 0) is 0 Å². The molecule has 0 N–H and O–H groups in total. The van der Waals surface area contributed by atoms with E-state index in [0.717, 1.165) is 34.1 Å². The third-order valence-electron chi connectivity index (χ3n) is 10.9. The Labute approximate surface area is 339 Å². The molecule has 56 heavy (non-hydrogen) atoms. The van der Waals surface area contributed by atoms with Crippen LogP contribution in [-0.4, -0.2) is 0 Å². The normalized spacial score (nSPS) is 11.9. The molecule has 6 heteroatoms. The fourth-order valence-electron chi connectivity index (χ4n) is 8.33. The van der Waals surface area contributed by atoms with Gasteiger partial charge in [0.15, 0.2) is 0 Å². The van der Waals surface area contributed by atoms with E-state index < -0.39 is 0 Å². The van der Waals surface area contributed by atoms with E-state index in [1.165, 1.54) is 69.9 Å². The third kappa shape index (κ3) is 5.11. The minimum atomic E-state index is 1.15. The van der Waals surface area contributed by atoms with Gasteiger partial charge in [0, 0.05) is 100 Å². The smallest absolute Gasteiger partial charge is 0.0890 e. The maximum absolute atomic E-state index is 2.41. The summed E-state index contributed by atoms with van der Waals surface area (Å²) in [6, 6.07) is 66.9. The van der Waals surface area contributed by atoms with Crippen LogP contribution in [0.4, 0.5) is 34.1 Å². The Morgan fingerprint density at radius 3 is 1.20 bits per heavy atom. The fraction of sp³-hybridized carbons (Fsp3) is 0. The van der Waals surface area contributed by atoms with Gasteiger partial charge < -0.3 is 9.80 Å². The predicted molar refractivity (Wildman–Crippen MR) is 250 cm³/mol. The average molecular weight is 787 g/mol. The van der Waals surface area contributed by atoms with Gasteiger partial charge in [-0.15, -0.1) is 45.3 Å². The summed E-state index contributed by atoms with van der Waals surface area (Å²) in [6.07, 6.45) is 0. The SMILES string of the molecule is c1ccc(N(c2ccc3c(c2)sc2ccccc23)c2ccc3c(c2)sc2sc4ccc(N(c5ccccc5)c5ccc6c(c5)sc5ccccc56)cc4c23)cc1. The topological polar surface area (TPSA) is 6.48 Å². The second kappa shape index (κ2) is 12.8. The van der Waals surface area contributed by atoms with Crippen molar-refractivity contribution in [3.05, 3.63) is 182 Å². The molecule has 264 valence electrons. The van der Waals surface area contributed by atoms with Gasteiger partial charge in [-0.1, -0.05) is 91.0 Å². The Kier molecular flexibility index (Phi) is 7.35. The summed E-state index contributed by atoms with van der Waals surface area (Å²) in [7, 11) is 0. The molecule has 0 saturated heterocycles. The van der Waals surface area contributed by atoms with Crippen LogP contribution in [0, 0.1) is 0 Å². The van der Waals surface area contributed by atoms with E-state index in [1.807, 2.05) is 45.3 Å². The molecule has 0 amide bonds. The molecule has 4 aromatic heterocycles. The maximum Gasteiger partial charge on any atom is 0.0890 e. The first-order chi connectivity index (χ1) is 27.7. The lowest BCUT2D eigenvalue weighted by molar-refractivity contribution is 1.30. The molecule has 0 aliphatic rings. The summed E-state index contributed by atoms with van der Waals surface area (Å²) in [5, 5.41) is 9.24. The lowest BCUT2D eigenvalue weighted by Crippen LogP contribution is -2.09. The van der Waals surface area contributed by atoms with Gasteiger partial charge in [-0.2, -0.15) is 0 Å². The van der Waals surface area contributed by atoms with Gasteiger partial charge in [0.2, 0.25) is 0 Å². The van der Waals surface area contributed by atoms with E-state index in [1.54, 1.807) is 0 Å². The van der Waals surface area contributed by atoms with Crippen LogP contribution in [0.5, 0.6) is 0 Å². The van der Waals surface area contributed by atoms with Crippen LogP contribution >= 0.6 is 45.3 Å². The highest BCUT2D eigenvalue weighted by Gasteiger charge is 2.20. The van der Waals surface area contributed by atoms with Crippen molar-refractivity contribution in [3.8, 4) is 0 Å². The predicted octanol–water partition coefficient (Wildman–Crippen LogP) is 16.9. The molecular formula is C50H30N2S4. The second-order valence-corrected chi connectivity index (χ2v) is 18.7. The zero-order chi connectivity index (χ0) is 36.7. The van der Waals surface area contributed by atoms with Crippen LogP contribution < -0.4 is 9.80 Å². The van der Waals surface area contributed by atoms with Gasteiger partial charge in [-0.25, -0.2) is 0 Å². The molecule has 0 fully saturated rings. The third-order valence-corrected chi connectivity index (χ3v) is 15.5. The fourth-order valence-corrected chi connectivity index (χ4v) is 13.2. The highest BCUT2D eigenvalue weighted by Crippen LogP contribution is 2.49. The number of nitrogens with zero attached hydrogens (tertiary/aromatic N) is 2. The van der Waals surface area contributed by atoms with E-state index in [4.69, 9.17) is 0 Å². The van der Waals surface area contributed by atoms with E-state index in [2.05, 4.69) is 192 Å². The van der Waals surface area contributed by atoms with Crippen LogP contribution in [0.1, 0.15) is 0 Å². The Balaban J connectivity index is 0.993. The van der Waals surface area contributed by atoms with Crippen molar-refractivity contribution in [2.45, 2.75) is 0 Å². The molecule has 0 aliphatic carbocycles. The van der Waals surface area contributed by atoms with E-state index in [-0.39, 0.29) is 0 Å². The Hall–Kier alpha value is -6.02. The number of anilines is 6. The molecular weight excluding hydrogens is 757 g/mol. The molecule has 0 saturated carbocycles. The highest BCUT2D eigenvalue weighted by atomic mass is 32.2. The Bertz CT molecular complexity index is 3440. The molecule has 0 atom stereocenters. The first-order valence-corrected chi connectivity index (χ1v) is 21.9. The molecule has 0 unspecified atom stereocenters. The number of thiophene rings is 4. The summed E-state index contributed by atoms with van der Waals surface area (Å²) in [6.45, 7) is 0. The quantitative estimate of drug-likeness (QED) is 0.166. The van der Waals surface area contributed by atoms with Crippen molar-refractivity contribution in [2.75, 3.05) is 9.80 Å². The van der Waals surface area contributed by atoms with Gasteiger partial charge in [-0.05, 0) is 91.0 Å². The number of hydrogen-bond acceptors (Lipinski definition) is 6. The van der Waals surface area contributed by atoms with Gasteiger partial charge >= 0.3 is 0 Å². The number of rotatable bonds is 6. The first kappa shape index (κ1) is 32.2. The largest absolute Gasteiger partial charge is 0.310 e. The molecule has 8 aromatic carbocycles. The summed E-state index contributed by atoms with van der Waals surface area (Å²) in [5.74, 6) is 0. The summed E-state index contributed by atoms with van der Waals surface area (Å²) in [4.78, 5) is 4.81. The number of benzene rings is 8. The van der Waals surface area contributed by atoms with Gasteiger partial charge in [0.1, 0.15) is 0 Å². The van der Waals surface area contributed by atoms with Crippen molar-refractivity contribution in [3.63, 3.8) is 0 Å².